The summed E-state index contributed by atoms with van der Waals surface area (Å²) in [7, 11) is 1.60. The van der Waals surface area contributed by atoms with Crippen LogP contribution in [0.1, 0.15) is 37.6 Å². The molecule has 0 saturated heterocycles. The second-order valence-electron chi connectivity index (χ2n) is 4.92. The number of para-hydroxylation sites is 1. The van der Waals surface area contributed by atoms with Crippen molar-refractivity contribution in [3.8, 4) is 0 Å². The summed E-state index contributed by atoms with van der Waals surface area (Å²) in [6.45, 7) is 6.16. The van der Waals surface area contributed by atoms with E-state index in [1.54, 1.807) is 13.1 Å². The van der Waals surface area contributed by atoms with Gasteiger partial charge in [0.1, 0.15) is 5.82 Å². The van der Waals surface area contributed by atoms with Crippen LogP contribution in [0.5, 0.6) is 0 Å². The Morgan fingerprint density at radius 3 is 2.56 bits per heavy atom. The summed E-state index contributed by atoms with van der Waals surface area (Å²) in [5, 5.41) is 5.61. The van der Waals surface area contributed by atoms with Crippen molar-refractivity contribution in [1.82, 2.24) is 5.32 Å². The second kappa shape index (κ2) is 6.38. The average molecular weight is 252 g/mol. The molecular weight excluding hydrogens is 231 g/mol. The molecule has 100 valence electrons. The van der Waals surface area contributed by atoms with Crippen LogP contribution in [0.4, 0.5) is 10.1 Å². The molecule has 0 saturated carbocycles. The van der Waals surface area contributed by atoms with E-state index in [4.69, 9.17) is 0 Å². The van der Waals surface area contributed by atoms with Crippen LogP contribution in [-0.2, 0) is 0 Å². The van der Waals surface area contributed by atoms with Gasteiger partial charge in [0.25, 0.3) is 5.91 Å². The summed E-state index contributed by atoms with van der Waals surface area (Å²) in [4.78, 5) is 12.1. The normalized spacial score (nSPS) is 12.3. The standard InChI is InChI=1S/C14H21FN2O/c1-9(2)8-10(3)17-14(18)11-6-5-7-12(15)13(11)16-4/h5-7,9-10,16H,8H2,1-4H3,(H,17,18). The fourth-order valence-corrected chi connectivity index (χ4v) is 2.04. The van der Waals surface area contributed by atoms with Crippen molar-refractivity contribution in [1.29, 1.82) is 0 Å². The third kappa shape index (κ3) is 3.72. The Hall–Kier alpha value is -1.58. The molecule has 0 bridgehead atoms. The number of carbonyl (C=O) groups is 1. The van der Waals surface area contributed by atoms with Gasteiger partial charge in [-0.1, -0.05) is 19.9 Å². The van der Waals surface area contributed by atoms with Crippen LogP contribution in [0.15, 0.2) is 18.2 Å². The maximum atomic E-state index is 13.5. The number of nitrogens with one attached hydrogen (secondary N) is 2. The first-order chi connectivity index (χ1) is 8.45. The minimum Gasteiger partial charge on any atom is -0.385 e. The molecular formula is C14H21FN2O. The predicted octanol–water partition coefficient (Wildman–Crippen LogP) is 3.03. The second-order valence-corrected chi connectivity index (χ2v) is 4.92. The van der Waals surface area contributed by atoms with Crippen LogP contribution in [-0.4, -0.2) is 19.0 Å². The van der Waals surface area contributed by atoms with Gasteiger partial charge in [-0.2, -0.15) is 0 Å². The number of anilines is 1. The Bertz CT molecular complexity index is 418. The first kappa shape index (κ1) is 14.5. The van der Waals surface area contributed by atoms with E-state index >= 15 is 0 Å². The lowest BCUT2D eigenvalue weighted by Gasteiger charge is -2.17. The van der Waals surface area contributed by atoms with Gasteiger partial charge in [0.2, 0.25) is 0 Å². The molecule has 0 aromatic heterocycles. The largest absolute Gasteiger partial charge is 0.385 e. The van der Waals surface area contributed by atoms with E-state index in [1.807, 2.05) is 6.92 Å². The number of rotatable bonds is 5. The number of carbonyl (C=O) groups excluding carboxylic acids is 1. The monoisotopic (exact) mass is 252 g/mol. The molecule has 0 spiro atoms. The zero-order valence-corrected chi connectivity index (χ0v) is 11.4. The first-order valence-electron chi connectivity index (χ1n) is 6.22. The minimum atomic E-state index is -0.415. The molecule has 18 heavy (non-hydrogen) atoms. The average Bonchev–Trinajstić information content (AvgIpc) is 2.27. The van der Waals surface area contributed by atoms with Crippen molar-refractivity contribution in [3.63, 3.8) is 0 Å². The first-order valence-corrected chi connectivity index (χ1v) is 6.22. The van der Waals surface area contributed by atoms with Gasteiger partial charge in [-0.05, 0) is 31.4 Å². The summed E-state index contributed by atoms with van der Waals surface area (Å²) in [5.74, 6) is -0.148. The van der Waals surface area contributed by atoms with Gasteiger partial charge in [0.15, 0.2) is 0 Å². The lowest BCUT2D eigenvalue weighted by molar-refractivity contribution is 0.0936. The van der Waals surface area contributed by atoms with E-state index in [-0.39, 0.29) is 17.6 Å². The van der Waals surface area contributed by atoms with E-state index in [9.17, 15) is 9.18 Å². The van der Waals surface area contributed by atoms with Crippen molar-refractivity contribution in [3.05, 3.63) is 29.6 Å². The smallest absolute Gasteiger partial charge is 0.253 e. The molecule has 0 aliphatic carbocycles. The van der Waals surface area contributed by atoms with Gasteiger partial charge in [0, 0.05) is 13.1 Å². The quantitative estimate of drug-likeness (QED) is 0.845. The molecule has 3 nitrogen and oxygen atoms in total. The Kier molecular flexibility index (Phi) is 5.13. The van der Waals surface area contributed by atoms with Crippen LogP contribution >= 0.6 is 0 Å². The van der Waals surface area contributed by atoms with Gasteiger partial charge in [-0.25, -0.2) is 4.39 Å². The zero-order valence-electron chi connectivity index (χ0n) is 11.4. The summed E-state index contributed by atoms with van der Waals surface area (Å²) < 4.78 is 13.5. The van der Waals surface area contributed by atoms with Crippen LogP contribution in [0.3, 0.4) is 0 Å². The number of hydrogen-bond donors (Lipinski definition) is 2. The van der Waals surface area contributed by atoms with E-state index in [0.717, 1.165) is 6.42 Å². The number of amides is 1. The van der Waals surface area contributed by atoms with Gasteiger partial charge in [0.05, 0.1) is 11.3 Å². The van der Waals surface area contributed by atoms with Crippen molar-refractivity contribution in [2.75, 3.05) is 12.4 Å². The third-order valence-corrected chi connectivity index (χ3v) is 2.71. The van der Waals surface area contributed by atoms with Gasteiger partial charge in [-0.15, -0.1) is 0 Å². The summed E-state index contributed by atoms with van der Waals surface area (Å²) in [6, 6.07) is 4.57. The minimum absolute atomic E-state index is 0.0745. The Balaban J connectivity index is 2.81. The van der Waals surface area contributed by atoms with Gasteiger partial charge < -0.3 is 10.6 Å². The highest BCUT2D eigenvalue weighted by atomic mass is 19.1. The van der Waals surface area contributed by atoms with Crippen LogP contribution in [0.25, 0.3) is 0 Å². The molecule has 0 fully saturated rings. The number of halogens is 1. The molecule has 1 aromatic rings. The van der Waals surface area contributed by atoms with Crippen LogP contribution in [0, 0.1) is 11.7 Å². The van der Waals surface area contributed by atoms with Crippen LogP contribution in [0.2, 0.25) is 0 Å². The fraction of sp³-hybridized carbons (Fsp3) is 0.500. The molecule has 0 heterocycles. The molecule has 1 aromatic carbocycles. The highest BCUT2D eigenvalue weighted by Crippen LogP contribution is 2.19. The molecule has 0 aliphatic heterocycles. The third-order valence-electron chi connectivity index (χ3n) is 2.71. The highest BCUT2D eigenvalue weighted by molar-refractivity contribution is 5.99. The van der Waals surface area contributed by atoms with Crippen LogP contribution < -0.4 is 10.6 Å². The topological polar surface area (TPSA) is 41.1 Å². The molecule has 4 heteroatoms. The summed E-state index contributed by atoms with van der Waals surface area (Å²) in [6.07, 6.45) is 0.899. The van der Waals surface area contributed by atoms with E-state index < -0.39 is 5.82 Å². The SMILES string of the molecule is CNc1c(F)cccc1C(=O)NC(C)CC(C)C. The van der Waals surface area contributed by atoms with Crippen molar-refractivity contribution in [2.24, 2.45) is 5.92 Å². The molecule has 1 amide bonds. The zero-order chi connectivity index (χ0) is 13.7. The predicted molar refractivity (Wildman–Crippen MR) is 72.3 cm³/mol. The summed E-state index contributed by atoms with van der Waals surface area (Å²) >= 11 is 0. The molecule has 0 radical (unpaired) electrons. The lowest BCUT2D eigenvalue weighted by Crippen LogP contribution is -2.34. The van der Waals surface area contributed by atoms with Crippen molar-refractivity contribution >= 4 is 11.6 Å². The maximum absolute atomic E-state index is 13.5. The van der Waals surface area contributed by atoms with E-state index in [0.29, 0.717) is 11.5 Å². The van der Waals surface area contributed by atoms with Crippen molar-refractivity contribution in [2.45, 2.75) is 33.2 Å². The Morgan fingerprint density at radius 1 is 1.33 bits per heavy atom. The Morgan fingerprint density at radius 2 is 2.00 bits per heavy atom. The maximum Gasteiger partial charge on any atom is 0.253 e. The molecule has 0 aliphatic rings. The van der Waals surface area contributed by atoms with Crippen molar-refractivity contribution < 1.29 is 9.18 Å². The van der Waals surface area contributed by atoms with Gasteiger partial charge in [-0.3, -0.25) is 4.79 Å². The Labute approximate surface area is 108 Å². The number of hydrogen-bond acceptors (Lipinski definition) is 2. The molecule has 1 rings (SSSR count). The lowest BCUT2D eigenvalue weighted by atomic mass is 10.0. The highest BCUT2D eigenvalue weighted by Gasteiger charge is 2.16. The molecule has 1 unspecified atom stereocenters. The molecule has 1 atom stereocenters. The van der Waals surface area contributed by atoms with Gasteiger partial charge >= 0.3 is 0 Å². The van der Waals surface area contributed by atoms with E-state index in [1.165, 1.54) is 12.1 Å². The van der Waals surface area contributed by atoms with E-state index in [2.05, 4.69) is 24.5 Å². The summed E-state index contributed by atoms with van der Waals surface area (Å²) in [5.41, 5.74) is 0.583. The number of benzene rings is 1. The fourth-order valence-electron chi connectivity index (χ4n) is 2.04. The molecule has 2 N–H and O–H groups in total.